The van der Waals surface area contributed by atoms with Gasteiger partial charge in [0.15, 0.2) is 0 Å². The number of nitrogens with zero attached hydrogens (tertiary/aromatic N) is 2. The van der Waals surface area contributed by atoms with E-state index in [-0.39, 0.29) is 6.10 Å². The maximum atomic E-state index is 6.16. The second-order valence-electron chi connectivity index (χ2n) is 6.09. The molecule has 2 atom stereocenters. The van der Waals surface area contributed by atoms with Crippen molar-refractivity contribution in [1.29, 1.82) is 0 Å². The molecule has 3 N–H and O–H groups in total. The number of fused-ring (bicyclic) bond motifs is 1. The number of hydrogen-bond donors (Lipinski definition) is 2. The fourth-order valence-electron chi connectivity index (χ4n) is 3.18. The van der Waals surface area contributed by atoms with Crippen molar-refractivity contribution >= 4 is 6.34 Å². The Labute approximate surface area is 132 Å². The zero-order chi connectivity index (χ0) is 15.2. The topological polar surface area (TPSA) is 62.9 Å². The van der Waals surface area contributed by atoms with Crippen LogP contribution in [0.25, 0.3) is 0 Å². The molecular weight excluding hydrogens is 276 g/mol. The number of aliphatic imine (C=N–C) groups is 1. The third kappa shape index (κ3) is 3.99. The van der Waals surface area contributed by atoms with Gasteiger partial charge >= 0.3 is 0 Å². The highest BCUT2D eigenvalue weighted by Crippen LogP contribution is 2.28. The summed E-state index contributed by atoms with van der Waals surface area (Å²) >= 11 is 0. The fraction of sp³-hybridized carbons (Fsp3) is 0.588. The Balaban J connectivity index is 1.57. The first kappa shape index (κ1) is 15.3. The summed E-state index contributed by atoms with van der Waals surface area (Å²) in [5.41, 5.74) is 10.7. The Morgan fingerprint density at radius 2 is 2.32 bits per heavy atom. The van der Waals surface area contributed by atoms with Crippen LogP contribution in [0.5, 0.6) is 5.75 Å². The van der Waals surface area contributed by atoms with Gasteiger partial charge in [-0.3, -0.25) is 10.0 Å². The average Bonchev–Trinajstić information content (AvgIpc) is 2.56. The molecule has 5 nitrogen and oxygen atoms in total. The molecule has 0 saturated carbocycles. The van der Waals surface area contributed by atoms with Crippen molar-refractivity contribution in [3.05, 3.63) is 29.8 Å². The van der Waals surface area contributed by atoms with Gasteiger partial charge in [-0.05, 0) is 43.9 Å². The minimum absolute atomic E-state index is 0.265. The molecule has 0 aliphatic carbocycles. The molecule has 0 saturated heterocycles. The van der Waals surface area contributed by atoms with Gasteiger partial charge in [0.05, 0.1) is 6.34 Å². The van der Waals surface area contributed by atoms with Crippen molar-refractivity contribution in [3.63, 3.8) is 0 Å². The largest absolute Gasteiger partial charge is 0.490 e. The van der Waals surface area contributed by atoms with Crippen LogP contribution in [0.4, 0.5) is 0 Å². The van der Waals surface area contributed by atoms with Gasteiger partial charge in [0.2, 0.25) is 0 Å². The molecule has 22 heavy (non-hydrogen) atoms. The van der Waals surface area contributed by atoms with E-state index in [0.717, 1.165) is 50.9 Å². The van der Waals surface area contributed by atoms with E-state index in [0.29, 0.717) is 12.6 Å². The third-order valence-corrected chi connectivity index (χ3v) is 4.32. The molecule has 1 aromatic carbocycles. The molecule has 2 unspecified atom stereocenters. The monoisotopic (exact) mass is 302 g/mol. The maximum Gasteiger partial charge on any atom is 0.122 e. The van der Waals surface area contributed by atoms with Crippen LogP contribution in [-0.2, 0) is 6.42 Å². The fourth-order valence-corrected chi connectivity index (χ4v) is 3.18. The first-order valence-corrected chi connectivity index (χ1v) is 8.32. The molecule has 0 spiro atoms. The molecule has 120 valence electrons. The molecule has 0 radical (unpaired) electrons. The van der Waals surface area contributed by atoms with Gasteiger partial charge in [-0.25, -0.2) is 5.43 Å². The first-order chi connectivity index (χ1) is 10.8. The number of rotatable bonds is 6. The number of ether oxygens (including phenoxy) is 1. The van der Waals surface area contributed by atoms with Crippen molar-refractivity contribution in [3.8, 4) is 5.75 Å². The molecule has 2 aliphatic rings. The van der Waals surface area contributed by atoms with E-state index in [4.69, 9.17) is 10.5 Å². The van der Waals surface area contributed by atoms with Crippen LogP contribution in [0.2, 0.25) is 0 Å². The Hall–Kier alpha value is -1.59. The summed E-state index contributed by atoms with van der Waals surface area (Å²) in [6.45, 7) is 2.63. The highest BCUT2D eigenvalue weighted by molar-refractivity contribution is 5.54. The lowest BCUT2D eigenvalue weighted by Gasteiger charge is -2.33. The van der Waals surface area contributed by atoms with Gasteiger partial charge in [-0.15, -0.1) is 0 Å². The maximum absolute atomic E-state index is 6.16. The second-order valence-corrected chi connectivity index (χ2v) is 6.09. The van der Waals surface area contributed by atoms with Crippen LogP contribution in [-0.4, -0.2) is 43.1 Å². The summed E-state index contributed by atoms with van der Waals surface area (Å²) in [6, 6.07) is 8.69. The summed E-state index contributed by atoms with van der Waals surface area (Å²) in [5.74, 6) is 1.05. The predicted octanol–water partition coefficient (Wildman–Crippen LogP) is 1.73. The number of hydrogen-bond acceptors (Lipinski definition) is 5. The lowest BCUT2D eigenvalue weighted by atomic mass is 9.97. The molecule has 0 amide bonds. The third-order valence-electron chi connectivity index (χ3n) is 4.32. The van der Waals surface area contributed by atoms with E-state index in [2.05, 4.69) is 33.6 Å². The lowest BCUT2D eigenvalue weighted by molar-refractivity contribution is 0.130. The van der Waals surface area contributed by atoms with Crippen molar-refractivity contribution in [2.24, 2.45) is 10.7 Å². The van der Waals surface area contributed by atoms with E-state index in [1.165, 1.54) is 5.56 Å². The van der Waals surface area contributed by atoms with Crippen molar-refractivity contribution in [2.75, 3.05) is 19.6 Å². The average molecular weight is 302 g/mol. The summed E-state index contributed by atoms with van der Waals surface area (Å²) in [4.78, 5) is 4.32. The molecule has 0 bridgehead atoms. The van der Waals surface area contributed by atoms with E-state index < -0.39 is 0 Å². The minimum Gasteiger partial charge on any atom is -0.490 e. The zero-order valence-corrected chi connectivity index (χ0v) is 13.1. The Morgan fingerprint density at radius 1 is 1.41 bits per heavy atom. The normalized spacial score (nSPS) is 22.0. The second kappa shape index (κ2) is 7.61. The Kier molecular flexibility index (Phi) is 5.29. The molecule has 5 heteroatoms. The molecule has 3 rings (SSSR count). The SMILES string of the molecule is NCCC(CC1CCc2ccccc2O1)NN1C=NCCC1. The number of nitrogens with two attached hydrogens (primary N) is 1. The van der Waals surface area contributed by atoms with E-state index in [1.54, 1.807) is 0 Å². The van der Waals surface area contributed by atoms with Gasteiger partial charge < -0.3 is 10.5 Å². The number of hydrazine groups is 1. The predicted molar refractivity (Wildman–Crippen MR) is 89.1 cm³/mol. The van der Waals surface area contributed by atoms with Crippen LogP contribution in [0.1, 0.15) is 31.2 Å². The summed E-state index contributed by atoms with van der Waals surface area (Å²) < 4.78 is 6.16. The number of aryl methyl sites for hydroxylation is 1. The highest BCUT2D eigenvalue weighted by atomic mass is 16.5. The van der Waals surface area contributed by atoms with Gasteiger partial charge in [0, 0.05) is 25.6 Å². The summed E-state index contributed by atoms with van der Waals surface area (Å²) in [5, 5.41) is 2.10. The van der Waals surface area contributed by atoms with Gasteiger partial charge in [-0.2, -0.15) is 0 Å². The summed E-state index contributed by atoms with van der Waals surface area (Å²) in [6.07, 6.45) is 7.38. The standard InChI is InChI=1S/C17H26N4O/c18-9-8-15(20-21-11-3-10-19-13-21)12-16-7-6-14-4-1-2-5-17(14)22-16/h1-2,4-5,13,15-16,20H,3,6-12,18H2. The smallest absolute Gasteiger partial charge is 0.122 e. The molecule has 2 aliphatic heterocycles. The van der Waals surface area contributed by atoms with Gasteiger partial charge in [-0.1, -0.05) is 18.2 Å². The van der Waals surface area contributed by atoms with E-state index in [1.807, 2.05) is 12.4 Å². The Bertz CT molecular complexity index is 505. The van der Waals surface area contributed by atoms with Crippen LogP contribution in [0.3, 0.4) is 0 Å². The van der Waals surface area contributed by atoms with E-state index >= 15 is 0 Å². The summed E-state index contributed by atoms with van der Waals surface area (Å²) in [7, 11) is 0. The van der Waals surface area contributed by atoms with E-state index in [9.17, 15) is 0 Å². The van der Waals surface area contributed by atoms with Gasteiger partial charge in [0.1, 0.15) is 11.9 Å². The van der Waals surface area contributed by atoms with Gasteiger partial charge in [0.25, 0.3) is 0 Å². The van der Waals surface area contributed by atoms with Crippen molar-refractivity contribution in [2.45, 2.75) is 44.2 Å². The van der Waals surface area contributed by atoms with Crippen molar-refractivity contribution < 1.29 is 4.74 Å². The van der Waals surface area contributed by atoms with Crippen LogP contribution in [0, 0.1) is 0 Å². The first-order valence-electron chi connectivity index (χ1n) is 8.32. The molecule has 0 fully saturated rings. The van der Waals surface area contributed by atoms with Crippen molar-refractivity contribution in [1.82, 2.24) is 10.4 Å². The van der Waals surface area contributed by atoms with Crippen LogP contribution >= 0.6 is 0 Å². The minimum atomic E-state index is 0.265. The molecule has 2 heterocycles. The lowest BCUT2D eigenvalue weighted by Crippen LogP contribution is -2.48. The molecular formula is C17H26N4O. The quantitative estimate of drug-likeness (QED) is 0.840. The highest BCUT2D eigenvalue weighted by Gasteiger charge is 2.23. The Morgan fingerprint density at radius 3 is 3.14 bits per heavy atom. The number of benzene rings is 1. The molecule has 1 aromatic rings. The van der Waals surface area contributed by atoms with Crippen LogP contribution < -0.4 is 15.9 Å². The molecule has 0 aromatic heterocycles. The number of para-hydroxylation sites is 1. The van der Waals surface area contributed by atoms with Crippen LogP contribution in [0.15, 0.2) is 29.3 Å². The zero-order valence-electron chi connectivity index (χ0n) is 13.1. The number of nitrogens with one attached hydrogen (secondary N) is 1.